The Morgan fingerprint density at radius 3 is 2.79 bits per heavy atom. The van der Waals surface area contributed by atoms with Gasteiger partial charge in [0.15, 0.2) is 0 Å². The normalized spacial score (nSPS) is 11.1. The van der Waals surface area contributed by atoms with Gasteiger partial charge in [-0.15, -0.1) is 35.6 Å². The van der Waals surface area contributed by atoms with Crippen LogP contribution in [0, 0.1) is 0 Å². The molecule has 1 aromatic heterocycles. The van der Waals surface area contributed by atoms with Crippen LogP contribution < -0.4 is 0 Å². The number of hydrogen-bond donors (Lipinski definition) is 1. The van der Waals surface area contributed by atoms with Crippen LogP contribution in [0.2, 0.25) is 0 Å². The van der Waals surface area contributed by atoms with Crippen LogP contribution in [0.1, 0.15) is 17.4 Å². The van der Waals surface area contributed by atoms with Gasteiger partial charge in [0.25, 0.3) is 0 Å². The molecule has 0 amide bonds. The highest BCUT2D eigenvalue weighted by Crippen LogP contribution is 2.32. The van der Waals surface area contributed by atoms with Crippen molar-refractivity contribution in [2.75, 3.05) is 0 Å². The van der Waals surface area contributed by atoms with Gasteiger partial charge in [0.05, 0.1) is 5.88 Å². The minimum Gasteiger partial charge on any atom is -0.143 e. The number of aryl methyl sites for hydroxylation is 1. The molecule has 14 heavy (non-hydrogen) atoms. The van der Waals surface area contributed by atoms with Crippen LogP contribution in [0.5, 0.6) is 0 Å². The Bertz CT molecular complexity index is 460. The number of benzene rings is 1. The lowest BCUT2D eigenvalue weighted by atomic mass is 10.1. The van der Waals surface area contributed by atoms with Gasteiger partial charge in [-0.3, -0.25) is 0 Å². The Morgan fingerprint density at radius 1 is 1.36 bits per heavy atom. The quantitative estimate of drug-likeness (QED) is 0.582. The maximum atomic E-state index is 5.81. The van der Waals surface area contributed by atoms with Crippen molar-refractivity contribution < 1.29 is 0 Å². The standard InChI is InChI=1S/C11H11ClS2/c1-2-7-3-10(13)9-5-8(6-12)14-11(9)4-7/h3-5,13H,2,6H2,1H3. The van der Waals surface area contributed by atoms with Crippen molar-refractivity contribution in [3.63, 3.8) is 0 Å². The molecule has 74 valence electrons. The molecule has 0 unspecified atom stereocenters. The second-order valence-electron chi connectivity index (χ2n) is 3.23. The molecule has 2 rings (SSSR count). The van der Waals surface area contributed by atoms with Gasteiger partial charge in [-0.05, 0) is 30.2 Å². The highest BCUT2D eigenvalue weighted by molar-refractivity contribution is 7.80. The first-order valence-electron chi connectivity index (χ1n) is 4.55. The molecule has 0 saturated heterocycles. The molecule has 0 aliphatic heterocycles. The SMILES string of the molecule is CCc1cc(S)c2cc(CCl)sc2c1. The van der Waals surface area contributed by atoms with Gasteiger partial charge in [0, 0.05) is 19.9 Å². The zero-order chi connectivity index (χ0) is 10.1. The minimum atomic E-state index is 0.591. The molecular formula is C11H11ClS2. The van der Waals surface area contributed by atoms with Crippen LogP contribution in [0.25, 0.3) is 10.1 Å². The summed E-state index contributed by atoms with van der Waals surface area (Å²) in [5, 5.41) is 1.23. The zero-order valence-corrected chi connectivity index (χ0v) is 10.3. The highest BCUT2D eigenvalue weighted by atomic mass is 35.5. The van der Waals surface area contributed by atoms with E-state index < -0.39 is 0 Å². The van der Waals surface area contributed by atoms with Crippen LogP contribution in [0.15, 0.2) is 23.1 Å². The lowest BCUT2D eigenvalue weighted by Gasteiger charge is -1.99. The van der Waals surface area contributed by atoms with Crippen LogP contribution in [0.4, 0.5) is 0 Å². The fourth-order valence-electron chi connectivity index (χ4n) is 1.50. The lowest BCUT2D eigenvalue weighted by molar-refractivity contribution is 1.14. The first-order chi connectivity index (χ1) is 6.74. The van der Waals surface area contributed by atoms with Gasteiger partial charge in [-0.2, -0.15) is 0 Å². The Hall–Kier alpha value is -0.180. The molecule has 0 radical (unpaired) electrons. The van der Waals surface area contributed by atoms with Crippen molar-refractivity contribution >= 4 is 45.7 Å². The number of halogens is 1. The highest BCUT2D eigenvalue weighted by Gasteiger charge is 2.05. The summed E-state index contributed by atoms with van der Waals surface area (Å²) in [6.45, 7) is 2.16. The third-order valence-corrected chi connectivity index (χ3v) is 4.16. The van der Waals surface area contributed by atoms with E-state index in [1.165, 1.54) is 20.5 Å². The van der Waals surface area contributed by atoms with E-state index >= 15 is 0 Å². The van der Waals surface area contributed by atoms with E-state index in [0.717, 1.165) is 11.3 Å². The Balaban J connectivity index is 2.67. The summed E-state index contributed by atoms with van der Waals surface area (Å²) >= 11 is 12.1. The summed E-state index contributed by atoms with van der Waals surface area (Å²) in [6.07, 6.45) is 1.05. The van der Waals surface area contributed by atoms with E-state index in [9.17, 15) is 0 Å². The van der Waals surface area contributed by atoms with Crippen molar-refractivity contribution in [3.8, 4) is 0 Å². The third kappa shape index (κ3) is 1.79. The summed E-state index contributed by atoms with van der Waals surface area (Å²) in [7, 11) is 0. The fourth-order valence-corrected chi connectivity index (χ4v) is 3.17. The Kier molecular flexibility index (Phi) is 3.05. The van der Waals surface area contributed by atoms with Crippen LogP contribution >= 0.6 is 35.6 Å². The fraction of sp³-hybridized carbons (Fsp3) is 0.273. The molecule has 0 nitrogen and oxygen atoms in total. The summed E-state index contributed by atoms with van der Waals surface area (Å²) in [6, 6.07) is 6.50. The maximum absolute atomic E-state index is 5.81. The number of alkyl halides is 1. The van der Waals surface area contributed by atoms with E-state index in [4.69, 9.17) is 11.6 Å². The monoisotopic (exact) mass is 242 g/mol. The molecule has 0 aliphatic rings. The van der Waals surface area contributed by atoms with Crippen molar-refractivity contribution in [2.45, 2.75) is 24.1 Å². The molecule has 0 N–H and O–H groups in total. The molecule has 0 saturated carbocycles. The predicted octanol–water partition coefficient (Wildman–Crippen LogP) is 4.49. The number of rotatable bonds is 2. The summed E-state index contributed by atoms with van der Waals surface area (Å²) in [5.74, 6) is 0.591. The van der Waals surface area contributed by atoms with E-state index in [0.29, 0.717) is 5.88 Å². The predicted molar refractivity (Wildman–Crippen MR) is 68.0 cm³/mol. The van der Waals surface area contributed by atoms with E-state index in [-0.39, 0.29) is 0 Å². The van der Waals surface area contributed by atoms with E-state index in [2.05, 4.69) is 37.8 Å². The zero-order valence-electron chi connectivity index (χ0n) is 7.88. The Labute approximate surface area is 98.3 Å². The Morgan fingerprint density at radius 2 is 2.14 bits per heavy atom. The molecule has 0 atom stereocenters. The van der Waals surface area contributed by atoms with Gasteiger partial charge < -0.3 is 0 Å². The van der Waals surface area contributed by atoms with Gasteiger partial charge in [0.1, 0.15) is 0 Å². The molecule has 0 spiro atoms. The van der Waals surface area contributed by atoms with Crippen molar-refractivity contribution in [3.05, 3.63) is 28.6 Å². The van der Waals surface area contributed by atoms with Crippen molar-refractivity contribution in [1.29, 1.82) is 0 Å². The van der Waals surface area contributed by atoms with Crippen molar-refractivity contribution in [1.82, 2.24) is 0 Å². The molecule has 1 aromatic carbocycles. The largest absolute Gasteiger partial charge is 0.143 e. The molecular weight excluding hydrogens is 232 g/mol. The number of thiol groups is 1. The van der Waals surface area contributed by atoms with Crippen molar-refractivity contribution in [2.24, 2.45) is 0 Å². The maximum Gasteiger partial charge on any atom is 0.0568 e. The first-order valence-corrected chi connectivity index (χ1v) is 6.34. The van der Waals surface area contributed by atoms with E-state index in [1.54, 1.807) is 11.3 Å². The molecule has 3 heteroatoms. The topological polar surface area (TPSA) is 0 Å². The molecule has 0 aliphatic carbocycles. The average molecular weight is 243 g/mol. The smallest absolute Gasteiger partial charge is 0.0568 e. The second kappa shape index (κ2) is 4.13. The number of thiophene rings is 1. The number of fused-ring (bicyclic) bond motifs is 1. The van der Waals surface area contributed by atoms with Gasteiger partial charge in [-0.1, -0.05) is 6.92 Å². The minimum absolute atomic E-state index is 0.591. The van der Waals surface area contributed by atoms with Crippen LogP contribution in [0.3, 0.4) is 0 Å². The molecule has 0 bridgehead atoms. The molecule has 2 aromatic rings. The molecule has 0 fully saturated rings. The average Bonchev–Trinajstić information content (AvgIpc) is 2.61. The van der Waals surface area contributed by atoms with Gasteiger partial charge >= 0.3 is 0 Å². The third-order valence-electron chi connectivity index (χ3n) is 2.27. The molecule has 1 heterocycles. The van der Waals surface area contributed by atoms with Gasteiger partial charge in [-0.25, -0.2) is 0 Å². The van der Waals surface area contributed by atoms with Gasteiger partial charge in [0.2, 0.25) is 0 Å². The lowest BCUT2D eigenvalue weighted by Crippen LogP contribution is -1.79. The summed E-state index contributed by atoms with van der Waals surface area (Å²) in [5.41, 5.74) is 1.34. The number of hydrogen-bond acceptors (Lipinski definition) is 2. The van der Waals surface area contributed by atoms with Crippen LogP contribution in [-0.2, 0) is 12.3 Å². The second-order valence-corrected chi connectivity index (χ2v) is 5.14. The summed E-state index contributed by atoms with van der Waals surface area (Å²) in [4.78, 5) is 2.28. The van der Waals surface area contributed by atoms with E-state index in [1.807, 2.05) is 0 Å². The first kappa shape index (κ1) is 10.3. The van der Waals surface area contributed by atoms with Crippen LogP contribution in [-0.4, -0.2) is 0 Å². The summed E-state index contributed by atoms with van der Waals surface area (Å²) < 4.78 is 1.30.